The molecule has 0 aromatic rings. The van der Waals surface area contributed by atoms with Crippen molar-refractivity contribution in [2.24, 2.45) is 17.1 Å². The van der Waals surface area contributed by atoms with E-state index in [0.29, 0.717) is 4.99 Å². The summed E-state index contributed by atoms with van der Waals surface area (Å²) in [5.74, 6) is 0.785. The van der Waals surface area contributed by atoms with Crippen LogP contribution in [0.15, 0.2) is 0 Å². The van der Waals surface area contributed by atoms with Crippen molar-refractivity contribution in [2.75, 3.05) is 13.1 Å². The van der Waals surface area contributed by atoms with E-state index in [1.54, 1.807) is 0 Å². The highest BCUT2D eigenvalue weighted by Crippen LogP contribution is 2.27. The van der Waals surface area contributed by atoms with Crippen LogP contribution in [0.4, 0.5) is 0 Å². The van der Waals surface area contributed by atoms with Gasteiger partial charge in [-0.05, 0) is 44.7 Å². The Morgan fingerprint density at radius 3 is 2.32 bits per heavy atom. The lowest BCUT2D eigenvalue weighted by atomic mass is 9.89. The molecule has 19 heavy (non-hydrogen) atoms. The average Bonchev–Trinajstić information content (AvgIpc) is 2.82. The van der Waals surface area contributed by atoms with Crippen LogP contribution in [0.2, 0.25) is 0 Å². The fourth-order valence-corrected chi connectivity index (χ4v) is 2.82. The topological polar surface area (TPSA) is 29.3 Å². The maximum absolute atomic E-state index is 5.85. The second kappa shape index (κ2) is 7.58. The monoisotopic (exact) mass is 284 g/mol. The van der Waals surface area contributed by atoms with E-state index in [9.17, 15) is 0 Å². The molecule has 0 aliphatic heterocycles. The molecule has 3 heteroatoms. The van der Waals surface area contributed by atoms with Gasteiger partial charge in [0.2, 0.25) is 0 Å². The second-order valence-corrected chi connectivity index (χ2v) is 7.59. The highest BCUT2D eigenvalue weighted by atomic mass is 32.1. The van der Waals surface area contributed by atoms with E-state index in [-0.39, 0.29) is 5.41 Å². The lowest BCUT2D eigenvalue weighted by Crippen LogP contribution is -2.39. The summed E-state index contributed by atoms with van der Waals surface area (Å²) in [6, 6.07) is 0.806. The zero-order valence-corrected chi connectivity index (χ0v) is 14.1. The smallest absolute Gasteiger partial charge is 0.0784 e. The molecule has 1 rings (SSSR count). The minimum atomic E-state index is -0.00990. The van der Waals surface area contributed by atoms with Crippen LogP contribution in [0.5, 0.6) is 0 Å². The Morgan fingerprint density at radius 2 is 1.84 bits per heavy atom. The molecule has 0 unspecified atom stereocenters. The largest absolute Gasteiger partial charge is 0.393 e. The van der Waals surface area contributed by atoms with Crippen LogP contribution in [0.25, 0.3) is 0 Å². The summed E-state index contributed by atoms with van der Waals surface area (Å²) in [6.07, 6.45) is 7.95. The first kappa shape index (κ1) is 16.9. The van der Waals surface area contributed by atoms with Gasteiger partial charge in [0.15, 0.2) is 0 Å². The molecule has 0 heterocycles. The standard InChI is InChI=1S/C16H32N2S/c1-13(2)9-11-18(14-7-5-6-8-14)12-10-16(3,4)15(17)19/h13-14H,5-12H2,1-4H3,(H2,17,19). The molecule has 0 atom stereocenters. The van der Waals surface area contributed by atoms with Crippen molar-refractivity contribution in [3.63, 3.8) is 0 Å². The third-order valence-corrected chi connectivity index (χ3v) is 5.08. The van der Waals surface area contributed by atoms with Gasteiger partial charge in [0.05, 0.1) is 4.99 Å². The molecule has 0 spiro atoms. The highest BCUT2D eigenvalue weighted by molar-refractivity contribution is 7.80. The van der Waals surface area contributed by atoms with Crippen LogP contribution < -0.4 is 5.73 Å². The van der Waals surface area contributed by atoms with Crippen LogP contribution in [-0.2, 0) is 0 Å². The fraction of sp³-hybridized carbons (Fsp3) is 0.938. The number of hydrogen-bond acceptors (Lipinski definition) is 2. The van der Waals surface area contributed by atoms with E-state index >= 15 is 0 Å². The van der Waals surface area contributed by atoms with Crippen LogP contribution in [0.1, 0.15) is 66.2 Å². The Hall–Kier alpha value is -0.150. The summed E-state index contributed by atoms with van der Waals surface area (Å²) in [6.45, 7) is 11.3. The Balaban J connectivity index is 2.50. The molecule has 0 aromatic heterocycles. The molecule has 0 radical (unpaired) electrons. The van der Waals surface area contributed by atoms with Crippen molar-refractivity contribution >= 4 is 17.2 Å². The molecule has 0 aromatic carbocycles. The van der Waals surface area contributed by atoms with Gasteiger partial charge < -0.3 is 10.6 Å². The van der Waals surface area contributed by atoms with Crippen molar-refractivity contribution < 1.29 is 0 Å². The van der Waals surface area contributed by atoms with Crippen LogP contribution in [-0.4, -0.2) is 29.0 Å². The summed E-state index contributed by atoms with van der Waals surface area (Å²) in [7, 11) is 0. The first-order chi connectivity index (χ1) is 8.83. The molecule has 1 aliphatic rings. The predicted octanol–water partition coefficient (Wildman–Crippen LogP) is 3.98. The number of nitrogens with zero attached hydrogens (tertiary/aromatic N) is 1. The molecule has 0 amide bonds. The van der Waals surface area contributed by atoms with E-state index in [1.165, 1.54) is 38.6 Å². The van der Waals surface area contributed by atoms with E-state index < -0.39 is 0 Å². The molecule has 1 fully saturated rings. The van der Waals surface area contributed by atoms with Gasteiger partial charge in [-0.3, -0.25) is 0 Å². The Bertz CT molecular complexity index is 280. The quantitative estimate of drug-likeness (QED) is 0.684. The molecule has 2 N–H and O–H groups in total. The highest BCUT2D eigenvalue weighted by Gasteiger charge is 2.26. The molecular formula is C16H32N2S. The van der Waals surface area contributed by atoms with Gasteiger partial charge in [0.1, 0.15) is 0 Å². The van der Waals surface area contributed by atoms with E-state index in [0.717, 1.165) is 24.9 Å². The van der Waals surface area contributed by atoms with Crippen molar-refractivity contribution in [3.8, 4) is 0 Å². The normalized spacial score (nSPS) is 17.6. The van der Waals surface area contributed by atoms with Crippen LogP contribution in [0.3, 0.4) is 0 Å². The summed E-state index contributed by atoms with van der Waals surface area (Å²) in [5.41, 5.74) is 5.84. The van der Waals surface area contributed by atoms with E-state index in [2.05, 4.69) is 32.6 Å². The number of rotatable bonds is 8. The first-order valence-corrected chi connectivity index (χ1v) is 8.27. The van der Waals surface area contributed by atoms with Gasteiger partial charge in [0.25, 0.3) is 0 Å². The average molecular weight is 285 g/mol. The minimum absolute atomic E-state index is 0.00990. The van der Waals surface area contributed by atoms with Gasteiger partial charge in [0, 0.05) is 11.5 Å². The van der Waals surface area contributed by atoms with Gasteiger partial charge in [-0.2, -0.15) is 0 Å². The molecule has 2 nitrogen and oxygen atoms in total. The Kier molecular flexibility index (Phi) is 6.75. The number of hydrogen-bond donors (Lipinski definition) is 1. The Morgan fingerprint density at radius 1 is 1.26 bits per heavy atom. The summed E-state index contributed by atoms with van der Waals surface area (Å²) in [5, 5.41) is 0. The van der Waals surface area contributed by atoms with Crippen molar-refractivity contribution in [1.29, 1.82) is 0 Å². The molecule has 1 aliphatic carbocycles. The van der Waals surface area contributed by atoms with Gasteiger partial charge in [-0.25, -0.2) is 0 Å². The third-order valence-electron chi connectivity index (χ3n) is 4.53. The van der Waals surface area contributed by atoms with Crippen molar-refractivity contribution in [1.82, 2.24) is 4.90 Å². The van der Waals surface area contributed by atoms with Crippen LogP contribution in [0, 0.1) is 11.3 Å². The zero-order chi connectivity index (χ0) is 14.5. The fourth-order valence-electron chi connectivity index (χ4n) is 2.72. The van der Waals surface area contributed by atoms with E-state index in [1.807, 2.05) is 0 Å². The maximum Gasteiger partial charge on any atom is 0.0784 e. The van der Waals surface area contributed by atoms with Gasteiger partial charge in [-0.15, -0.1) is 0 Å². The molecule has 0 saturated heterocycles. The lowest BCUT2D eigenvalue weighted by molar-refractivity contribution is 0.172. The molecular weight excluding hydrogens is 252 g/mol. The SMILES string of the molecule is CC(C)CCN(CCC(C)(C)C(N)=S)C1CCCC1. The number of thiocarbonyl (C=S) groups is 1. The molecule has 1 saturated carbocycles. The van der Waals surface area contributed by atoms with E-state index in [4.69, 9.17) is 18.0 Å². The van der Waals surface area contributed by atoms with Crippen LogP contribution >= 0.6 is 12.2 Å². The lowest BCUT2D eigenvalue weighted by Gasteiger charge is -2.33. The summed E-state index contributed by atoms with van der Waals surface area (Å²) in [4.78, 5) is 3.36. The first-order valence-electron chi connectivity index (χ1n) is 7.87. The maximum atomic E-state index is 5.85. The third kappa shape index (κ3) is 5.78. The number of nitrogens with two attached hydrogens (primary N) is 1. The molecule has 112 valence electrons. The second-order valence-electron chi connectivity index (χ2n) is 7.15. The predicted molar refractivity (Wildman–Crippen MR) is 88.5 cm³/mol. The molecule has 0 bridgehead atoms. The zero-order valence-electron chi connectivity index (χ0n) is 13.2. The Labute approximate surface area is 125 Å². The van der Waals surface area contributed by atoms with Crippen molar-refractivity contribution in [2.45, 2.75) is 72.3 Å². The van der Waals surface area contributed by atoms with Gasteiger partial charge in [-0.1, -0.05) is 52.8 Å². The van der Waals surface area contributed by atoms with Crippen molar-refractivity contribution in [3.05, 3.63) is 0 Å². The minimum Gasteiger partial charge on any atom is -0.393 e. The van der Waals surface area contributed by atoms with Gasteiger partial charge >= 0.3 is 0 Å². The summed E-state index contributed by atoms with van der Waals surface area (Å²) < 4.78 is 0. The summed E-state index contributed by atoms with van der Waals surface area (Å²) >= 11 is 5.18.